The van der Waals surface area contributed by atoms with Crippen molar-refractivity contribution in [3.63, 3.8) is 0 Å². The number of amides is 2. The van der Waals surface area contributed by atoms with E-state index in [0.29, 0.717) is 19.8 Å². The fourth-order valence-electron chi connectivity index (χ4n) is 1.84. The number of carboxylic acids is 1. The minimum Gasteiger partial charge on any atom is -0.481 e. The van der Waals surface area contributed by atoms with E-state index in [1.54, 1.807) is 0 Å². The number of rotatable bonds is 8. The van der Waals surface area contributed by atoms with E-state index >= 15 is 0 Å². The van der Waals surface area contributed by atoms with E-state index in [2.05, 4.69) is 5.32 Å². The average Bonchev–Trinajstić information content (AvgIpc) is 2.54. The van der Waals surface area contributed by atoms with Gasteiger partial charge in [-0.25, -0.2) is 0 Å². The first kappa shape index (κ1) is 22.7. The van der Waals surface area contributed by atoms with Crippen LogP contribution in [0.2, 0.25) is 5.02 Å². The highest BCUT2D eigenvalue weighted by Gasteiger charge is 2.55. The zero-order valence-electron chi connectivity index (χ0n) is 14.2. The molecule has 2 amide bonds. The highest BCUT2D eigenvalue weighted by atomic mass is 35.5. The maximum absolute atomic E-state index is 12.6. The normalized spacial score (nSPS) is 13.6. The molecule has 0 aliphatic rings. The molecule has 0 aliphatic heterocycles. The molecule has 0 spiro atoms. The largest absolute Gasteiger partial charge is 0.481 e. The smallest absolute Gasteiger partial charge is 0.426 e. The van der Waals surface area contributed by atoms with Gasteiger partial charge in [0.25, 0.3) is 11.8 Å². The Morgan fingerprint density at radius 3 is 2.33 bits per heavy atom. The van der Waals surface area contributed by atoms with Gasteiger partial charge < -0.3 is 20.8 Å². The Labute approximate surface area is 157 Å². The summed E-state index contributed by atoms with van der Waals surface area (Å²) in [6.07, 6.45) is -4.35. The van der Waals surface area contributed by atoms with Crippen LogP contribution in [-0.4, -0.2) is 46.3 Å². The molecule has 0 saturated heterocycles. The lowest BCUT2D eigenvalue weighted by atomic mass is 10.1. The van der Waals surface area contributed by atoms with Crippen LogP contribution in [0.3, 0.4) is 0 Å². The summed E-state index contributed by atoms with van der Waals surface area (Å²) in [5, 5.41) is 22.0. The van der Waals surface area contributed by atoms with Gasteiger partial charge in [-0.15, -0.1) is 0 Å². The fraction of sp³-hybridized carbons (Fsp3) is 0.438. The van der Waals surface area contributed by atoms with Crippen LogP contribution in [0.1, 0.15) is 36.5 Å². The number of carboxylic acid groups (broad SMARTS) is 1. The van der Waals surface area contributed by atoms with Gasteiger partial charge in [-0.3, -0.25) is 14.4 Å². The SMILES string of the molecule is C[C@@](O)(C(=O)Nc1ccc(C(=O)NCCCCC(=O)O)cc1Cl)C(F)(F)F. The third-order valence-corrected chi connectivity index (χ3v) is 3.89. The molecule has 0 unspecified atom stereocenters. The number of benzene rings is 1. The lowest BCUT2D eigenvalue weighted by Gasteiger charge is -2.25. The van der Waals surface area contributed by atoms with Crippen LogP contribution in [0.5, 0.6) is 0 Å². The number of alkyl halides is 3. The molecule has 1 rings (SSSR count). The Bertz CT molecular complexity index is 722. The number of hydrogen-bond acceptors (Lipinski definition) is 4. The first-order valence-electron chi connectivity index (χ1n) is 7.76. The van der Waals surface area contributed by atoms with Gasteiger partial charge in [0.15, 0.2) is 0 Å². The topological polar surface area (TPSA) is 116 Å². The number of carbonyl (C=O) groups is 3. The van der Waals surface area contributed by atoms with Crippen LogP contribution in [0.4, 0.5) is 18.9 Å². The fourth-order valence-corrected chi connectivity index (χ4v) is 2.06. The Morgan fingerprint density at radius 1 is 1.19 bits per heavy atom. The molecule has 0 fully saturated rings. The van der Waals surface area contributed by atoms with Crippen molar-refractivity contribution in [3.05, 3.63) is 28.8 Å². The second kappa shape index (κ2) is 9.05. The van der Waals surface area contributed by atoms with Crippen molar-refractivity contribution in [3.8, 4) is 0 Å². The summed E-state index contributed by atoms with van der Waals surface area (Å²) < 4.78 is 37.9. The number of nitrogens with one attached hydrogen (secondary N) is 2. The number of aliphatic carboxylic acids is 1. The summed E-state index contributed by atoms with van der Waals surface area (Å²) >= 11 is 5.88. The Morgan fingerprint density at radius 2 is 1.81 bits per heavy atom. The molecular weight excluding hydrogens is 393 g/mol. The molecule has 27 heavy (non-hydrogen) atoms. The van der Waals surface area contributed by atoms with Crippen molar-refractivity contribution in [2.45, 2.75) is 38.0 Å². The number of halogens is 4. The Balaban J connectivity index is 2.70. The molecule has 0 aromatic heterocycles. The van der Waals surface area contributed by atoms with Gasteiger partial charge in [0, 0.05) is 18.5 Å². The summed E-state index contributed by atoms with van der Waals surface area (Å²) in [5.41, 5.74) is -3.72. The number of hydrogen-bond donors (Lipinski definition) is 4. The second-order valence-electron chi connectivity index (χ2n) is 5.83. The van der Waals surface area contributed by atoms with Crippen molar-refractivity contribution < 1.29 is 37.8 Å². The van der Waals surface area contributed by atoms with Crippen LogP contribution >= 0.6 is 11.6 Å². The van der Waals surface area contributed by atoms with Crippen LogP contribution in [-0.2, 0) is 9.59 Å². The van der Waals surface area contributed by atoms with E-state index in [0.717, 1.165) is 12.1 Å². The molecule has 1 aromatic rings. The zero-order valence-corrected chi connectivity index (χ0v) is 14.9. The Hall–Kier alpha value is -2.33. The van der Waals surface area contributed by atoms with E-state index in [1.165, 1.54) is 6.07 Å². The maximum atomic E-state index is 12.6. The van der Waals surface area contributed by atoms with Crippen LogP contribution in [0, 0.1) is 0 Å². The Kier molecular flexibility index (Phi) is 7.61. The summed E-state index contributed by atoms with van der Waals surface area (Å²) in [6.45, 7) is 0.541. The highest BCUT2D eigenvalue weighted by Crippen LogP contribution is 2.32. The van der Waals surface area contributed by atoms with E-state index in [9.17, 15) is 32.7 Å². The van der Waals surface area contributed by atoms with Gasteiger partial charge in [-0.1, -0.05) is 11.6 Å². The van der Waals surface area contributed by atoms with Gasteiger partial charge in [0.2, 0.25) is 5.60 Å². The minimum atomic E-state index is -5.18. The molecule has 11 heteroatoms. The quantitative estimate of drug-likeness (QED) is 0.492. The van der Waals surface area contributed by atoms with E-state index in [-0.39, 0.29) is 29.2 Å². The van der Waals surface area contributed by atoms with Gasteiger partial charge in [-0.05, 0) is 38.0 Å². The van der Waals surface area contributed by atoms with Crippen molar-refractivity contribution in [1.29, 1.82) is 0 Å². The van der Waals surface area contributed by atoms with Crippen LogP contribution in [0.15, 0.2) is 18.2 Å². The minimum absolute atomic E-state index is 0.0161. The van der Waals surface area contributed by atoms with Crippen molar-refractivity contribution in [1.82, 2.24) is 5.32 Å². The monoisotopic (exact) mass is 410 g/mol. The molecule has 1 atom stereocenters. The third kappa shape index (κ3) is 6.40. The second-order valence-corrected chi connectivity index (χ2v) is 6.23. The van der Waals surface area contributed by atoms with E-state index < -0.39 is 29.6 Å². The summed E-state index contributed by atoms with van der Waals surface area (Å²) in [4.78, 5) is 34.0. The first-order chi connectivity index (χ1) is 12.4. The molecule has 0 aliphatic carbocycles. The lowest BCUT2D eigenvalue weighted by Crippen LogP contribution is -2.52. The highest BCUT2D eigenvalue weighted by molar-refractivity contribution is 6.34. The molecule has 150 valence electrons. The number of carbonyl (C=O) groups excluding carboxylic acids is 2. The van der Waals surface area contributed by atoms with Crippen LogP contribution < -0.4 is 10.6 Å². The third-order valence-electron chi connectivity index (χ3n) is 3.58. The van der Waals surface area contributed by atoms with Crippen molar-refractivity contribution in [2.24, 2.45) is 0 Å². The molecular formula is C16H18ClF3N2O5. The number of unbranched alkanes of at least 4 members (excludes halogenated alkanes) is 1. The summed E-state index contributed by atoms with van der Waals surface area (Å²) in [6, 6.07) is 3.51. The maximum Gasteiger partial charge on any atom is 0.426 e. The predicted octanol–water partition coefficient (Wildman–Crippen LogP) is 2.58. The number of anilines is 1. The molecule has 0 radical (unpaired) electrons. The van der Waals surface area contributed by atoms with Crippen molar-refractivity contribution in [2.75, 3.05) is 11.9 Å². The zero-order chi connectivity index (χ0) is 20.8. The van der Waals surface area contributed by atoms with E-state index in [1.807, 2.05) is 5.32 Å². The van der Waals surface area contributed by atoms with Gasteiger partial charge >= 0.3 is 12.1 Å². The van der Waals surface area contributed by atoms with Gasteiger partial charge in [-0.2, -0.15) is 13.2 Å². The summed E-state index contributed by atoms with van der Waals surface area (Å²) in [5.74, 6) is -3.17. The predicted molar refractivity (Wildman–Crippen MR) is 90.6 cm³/mol. The lowest BCUT2D eigenvalue weighted by molar-refractivity contribution is -0.242. The average molecular weight is 411 g/mol. The van der Waals surface area contributed by atoms with Crippen molar-refractivity contribution >= 4 is 35.1 Å². The first-order valence-corrected chi connectivity index (χ1v) is 8.14. The van der Waals surface area contributed by atoms with Gasteiger partial charge in [0.1, 0.15) is 0 Å². The molecule has 0 bridgehead atoms. The molecule has 0 heterocycles. The number of aliphatic hydroxyl groups is 1. The standard InChI is InChI=1S/C16H18ClF3N2O5/c1-15(27,16(18,19)20)14(26)22-11-6-5-9(8-10(11)17)13(25)21-7-3-2-4-12(23)24/h5-6,8,27H,2-4,7H2,1H3,(H,21,25)(H,22,26)(H,23,24)/t15-/m1/s1. The van der Waals surface area contributed by atoms with Crippen LogP contribution in [0.25, 0.3) is 0 Å². The molecule has 4 N–H and O–H groups in total. The molecule has 0 saturated carbocycles. The van der Waals surface area contributed by atoms with E-state index in [4.69, 9.17) is 16.7 Å². The summed E-state index contributed by atoms with van der Waals surface area (Å²) in [7, 11) is 0. The molecule has 7 nitrogen and oxygen atoms in total. The molecule has 1 aromatic carbocycles. The van der Waals surface area contributed by atoms with Gasteiger partial charge in [0.05, 0.1) is 10.7 Å².